The SMILES string of the molecule is CCC(=O)OC1CCC2(C)C3CCC4=CC(=O)CCC4(C)C3CCC12C. The summed E-state index contributed by atoms with van der Waals surface area (Å²) in [7, 11) is 0. The first-order valence-electron chi connectivity index (χ1n) is 10.7. The van der Waals surface area contributed by atoms with Gasteiger partial charge in [-0.2, -0.15) is 0 Å². The summed E-state index contributed by atoms with van der Waals surface area (Å²) in [5.74, 6) is 1.64. The van der Waals surface area contributed by atoms with Crippen molar-refractivity contribution in [1.29, 1.82) is 0 Å². The van der Waals surface area contributed by atoms with Gasteiger partial charge in [0.1, 0.15) is 6.10 Å². The first kappa shape index (κ1) is 18.3. The van der Waals surface area contributed by atoms with Gasteiger partial charge in [0, 0.05) is 18.3 Å². The van der Waals surface area contributed by atoms with Crippen LogP contribution in [0.25, 0.3) is 0 Å². The fourth-order valence-corrected chi connectivity index (χ4v) is 7.34. The summed E-state index contributed by atoms with van der Waals surface area (Å²) in [6, 6.07) is 0. The highest BCUT2D eigenvalue weighted by Crippen LogP contribution is 2.71. The van der Waals surface area contributed by atoms with E-state index in [1.807, 2.05) is 13.0 Å². The van der Waals surface area contributed by atoms with E-state index in [0.29, 0.717) is 30.5 Å². The van der Waals surface area contributed by atoms with Crippen LogP contribution in [-0.4, -0.2) is 17.9 Å². The number of ether oxygens (including phenoxy) is 1. The maximum Gasteiger partial charge on any atom is 0.305 e. The smallest absolute Gasteiger partial charge is 0.305 e. The second-order valence-electron chi connectivity index (χ2n) is 10.0. The summed E-state index contributed by atoms with van der Waals surface area (Å²) in [5, 5.41) is 0. The Hall–Kier alpha value is -1.12. The third-order valence-corrected chi connectivity index (χ3v) is 9.28. The van der Waals surface area contributed by atoms with Crippen molar-refractivity contribution in [3.05, 3.63) is 11.6 Å². The molecule has 0 amide bonds. The molecule has 4 aliphatic rings. The largest absolute Gasteiger partial charge is 0.462 e. The normalized spacial score (nSPS) is 47.5. The number of hydrogen-bond acceptors (Lipinski definition) is 3. The molecule has 3 heteroatoms. The van der Waals surface area contributed by atoms with E-state index >= 15 is 0 Å². The first-order valence-corrected chi connectivity index (χ1v) is 10.7. The minimum Gasteiger partial charge on any atom is -0.462 e. The van der Waals surface area contributed by atoms with Gasteiger partial charge in [0.2, 0.25) is 0 Å². The number of fused-ring (bicyclic) bond motifs is 5. The molecule has 0 aliphatic heterocycles. The Morgan fingerprint density at radius 3 is 2.50 bits per heavy atom. The Kier molecular flexibility index (Phi) is 4.17. The van der Waals surface area contributed by atoms with Crippen LogP contribution in [0.2, 0.25) is 0 Å². The molecular weight excluding hydrogens is 324 g/mol. The van der Waals surface area contributed by atoms with Crippen LogP contribution in [0.5, 0.6) is 0 Å². The van der Waals surface area contributed by atoms with Crippen LogP contribution < -0.4 is 0 Å². The highest BCUT2D eigenvalue weighted by molar-refractivity contribution is 5.91. The van der Waals surface area contributed by atoms with Gasteiger partial charge in [-0.1, -0.05) is 33.3 Å². The van der Waals surface area contributed by atoms with Crippen molar-refractivity contribution in [2.24, 2.45) is 28.1 Å². The molecule has 0 spiro atoms. The second kappa shape index (κ2) is 5.94. The maximum absolute atomic E-state index is 12.0. The van der Waals surface area contributed by atoms with Gasteiger partial charge >= 0.3 is 5.97 Å². The Labute approximate surface area is 157 Å². The van der Waals surface area contributed by atoms with Crippen LogP contribution in [0, 0.1) is 28.1 Å². The van der Waals surface area contributed by atoms with Crippen molar-refractivity contribution in [3.8, 4) is 0 Å². The topological polar surface area (TPSA) is 43.4 Å². The molecule has 4 aliphatic carbocycles. The summed E-state index contributed by atoms with van der Waals surface area (Å²) >= 11 is 0. The van der Waals surface area contributed by atoms with Gasteiger partial charge in [0.05, 0.1) is 0 Å². The van der Waals surface area contributed by atoms with E-state index in [1.54, 1.807) is 0 Å². The molecule has 0 aromatic carbocycles. The van der Waals surface area contributed by atoms with Crippen LogP contribution in [0.4, 0.5) is 0 Å². The molecule has 3 fully saturated rings. The summed E-state index contributed by atoms with van der Waals surface area (Å²) in [4.78, 5) is 23.9. The Balaban J connectivity index is 1.65. The fourth-order valence-electron chi connectivity index (χ4n) is 7.34. The zero-order valence-electron chi connectivity index (χ0n) is 16.9. The summed E-state index contributed by atoms with van der Waals surface area (Å²) in [6.45, 7) is 9.19. The lowest BCUT2D eigenvalue weighted by molar-refractivity contribution is -0.169. The predicted molar refractivity (Wildman–Crippen MR) is 101 cm³/mol. The summed E-state index contributed by atoms with van der Waals surface area (Å²) in [5.41, 5.74) is 1.97. The number of carbonyl (C=O) groups is 2. The summed E-state index contributed by atoms with van der Waals surface area (Å²) in [6.07, 6.45) is 11.1. The van der Waals surface area contributed by atoms with Crippen molar-refractivity contribution in [2.75, 3.05) is 0 Å². The fraction of sp³-hybridized carbons (Fsp3) is 0.826. The molecule has 0 N–H and O–H groups in total. The van der Waals surface area contributed by atoms with Gasteiger partial charge in [-0.15, -0.1) is 0 Å². The average Bonchev–Trinajstić information content (AvgIpc) is 2.87. The lowest BCUT2D eigenvalue weighted by Crippen LogP contribution is -2.56. The molecule has 6 atom stereocenters. The lowest BCUT2D eigenvalue weighted by atomic mass is 9.42. The molecule has 0 bridgehead atoms. The number of carbonyl (C=O) groups excluding carboxylic acids is 2. The van der Waals surface area contributed by atoms with E-state index in [0.717, 1.165) is 25.7 Å². The van der Waals surface area contributed by atoms with Gasteiger partial charge < -0.3 is 4.74 Å². The number of ketones is 1. The molecule has 3 nitrogen and oxygen atoms in total. The molecule has 0 aromatic heterocycles. The third-order valence-electron chi connectivity index (χ3n) is 9.28. The quantitative estimate of drug-likeness (QED) is 0.635. The average molecular weight is 359 g/mol. The van der Waals surface area contributed by atoms with Crippen molar-refractivity contribution in [2.45, 2.75) is 91.6 Å². The first-order chi connectivity index (χ1) is 12.2. The van der Waals surface area contributed by atoms with E-state index in [-0.39, 0.29) is 28.3 Å². The van der Waals surface area contributed by atoms with Gasteiger partial charge in [0.15, 0.2) is 5.78 Å². The van der Waals surface area contributed by atoms with Crippen LogP contribution in [0.15, 0.2) is 11.6 Å². The number of rotatable bonds is 2. The van der Waals surface area contributed by atoms with Gasteiger partial charge in [0.25, 0.3) is 0 Å². The Morgan fingerprint density at radius 2 is 1.77 bits per heavy atom. The Morgan fingerprint density at radius 1 is 1.04 bits per heavy atom. The summed E-state index contributed by atoms with van der Waals surface area (Å²) < 4.78 is 5.93. The maximum atomic E-state index is 12.0. The molecule has 0 radical (unpaired) electrons. The number of esters is 1. The van der Waals surface area contributed by atoms with Crippen LogP contribution in [0.1, 0.15) is 85.5 Å². The molecular formula is C23H34O3. The lowest BCUT2D eigenvalue weighted by Gasteiger charge is -2.62. The second-order valence-corrected chi connectivity index (χ2v) is 10.0. The van der Waals surface area contributed by atoms with Crippen molar-refractivity contribution < 1.29 is 14.3 Å². The van der Waals surface area contributed by atoms with Crippen molar-refractivity contribution >= 4 is 11.8 Å². The number of allylic oxidation sites excluding steroid dienone is 1. The van der Waals surface area contributed by atoms with Gasteiger partial charge in [-0.05, 0) is 73.7 Å². The monoisotopic (exact) mass is 358 g/mol. The van der Waals surface area contributed by atoms with E-state index < -0.39 is 0 Å². The predicted octanol–water partition coefficient (Wildman–Crippen LogP) is 5.23. The minimum atomic E-state index is -0.0470. The Bertz CT molecular complexity index is 664. The van der Waals surface area contributed by atoms with Crippen LogP contribution >= 0.6 is 0 Å². The zero-order chi connectivity index (χ0) is 18.7. The minimum absolute atomic E-state index is 0.0470. The zero-order valence-corrected chi connectivity index (χ0v) is 16.9. The third kappa shape index (κ3) is 2.31. The highest BCUT2D eigenvalue weighted by atomic mass is 16.5. The molecule has 3 saturated carbocycles. The van der Waals surface area contributed by atoms with E-state index in [4.69, 9.17) is 4.74 Å². The molecule has 0 saturated heterocycles. The van der Waals surface area contributed by atoms with Crippen LogP contribution in [0.3, 0.4) is 0 Å². The molecule has 0 heterocycles. The van der Waals surface area contributed by atoms with E-state index in [9.17, 15) is 9.59 Å². The highest BCUT2D eigenvalue weighted by Gasteiger charge is 2.65. The van der Waals surface area contributed by atoms with Crippen molar-refractivity contribution in [1.82, 2.24) is 0 Å². The van der Waals surface area contributed by atoms with Crippen LogP contribution in [-0.2, 0) is 14.3 Å². The molecule has 26 heavy (non-hydrogen) atoms. The van der Waals surface area contributed by atoms with Crippen molar-refractivity contribution in [3.63, 3.8) is 0 Å². The molecule has 4 rings (SSSR count). The molecule has 0 aromatic rings. The van der Waals surface area contributed by atoms with Gasteiger partial charge in [-0.3, -0.25) is 9.59 Å². The van der Waals surface area contributed by atoms with E-state index in [1.165, 1.54) is 24.8 Å². The molecule has 144 valence electrons. The van der Waals surface area contributed by atoms with Gasteiger partial charge in [-0.25, -0.2) is 0 Å². The molecule has 6 unspecified atom stereocenters. The standard InChI is InChI=1S/C23H34O3/c1-5-20(25)26-19-10-13-22(3)18-7-6-15-14-16(24)8-11-21(15,2)17(18)9-12-23(19,22)4/h14,17-19H,5-13H2,1-4H3. The van der Waals surface area contributed by atoms with E-state index in [2.05, 4.69) is 20.8 Å². The number of hydrogen-bond donors (Lipinski definition) is 0.